The lowest BCUT2D eigenvalue weighted by atomic mass is 9.96. The number of piperidine rings is 1. The molecule has 1 aliphatic carbocycles. The minimum Gasteiger partial charge on any atom is -0.357 e. The van der Waals surface area contributed by atoms with Crippen molar-refractivity contribution in [3.63, 3.8) is 0 Å². The third-order valence-corrected chi connectivity index (χ3v) is 5.09. The Morgan fingerprint density at radius 2 is 2.08 bits per heavy atom. The lowest BCUT2D eigenvalue weighted by Crippen LogP contribution is -2.34. The molecule has 0 spiro atoms. The molecule has 2 aliphatic rings. The fourth-order valence-corrected chi connectivity index (χ4v) is 3.49. The molecule has 134 valence electrons. The van der Waals surface area contributed by atoms with Crippen LogP contribution in [0.2, 0.25) is 0 Å². The summed E-state index contributed by atoms with van der Waals surface area (Å²) in [7, 11) is 0. The van der Waals surface area contributed by atoms with Gasteiger partial charge in [-0.2, -0.15) is 0 Å². The van der Waals surface area contributed by atoms with Gasteiger partial charge in [-0.15, -0.1) is 16.6 Å². The van der Waals surface area contributed by atoms with E-state index >= 15 is 0 Å². The first-order valence-corrected chi connectivity index (χ1v) is 9.08. The second-order valence-electron chi connectivity index (χ2n) is 6.88. The van der Waals surface area contributed by atoms with Crippen LogP contribution in [0.25, 0.3) is 0 Å². The first-order valence-electron chi connectivity index (χ1n) is 9.08. The summed E-state index contributed by atoms with van der Waals surface area (Å²) in [5, 5.41) is 11.1. The maximum atomic E-state index is 11.9. The van der Waals surface area contributed by atoms with Crippen molar-refractivity contribution in [2.24, 2.45) is 0 Å². The predicted molar refractivity (Wildman–Crippen MR) is 97.9 cm³/mol. The zero-order chi connectivity index (χ0) is 17.9. The van der Waals surface area contributed by atoms with Gasteiger partial charge >= 0.3 is 0 Å². The summed E-state index contributed by atoms with van der Waals surface area (Å²) in [5.74, 6) is 4.70. The Hall–Kier alpha value is -2.88. The highest BCUT2D eigenvalue weighted by molar-refractivity contribution is 5.94. The van der Waals surface area contributed by atoms with Gasteiger partial charge in [0.25, 0.3) is 5.91 Å². The molecule has 1 saturated carbocycles. The zero-order valence-corrected chi connectivity index (χ0v) is 14.6. The van der Waals surface area contributed by atoms with Crippen molar-refractivity contribution in [1.29, 1.82) is 0 Å². The molecule has 1 N–H and O–H groups in total. The van der Waals surface area contributed by atoms with Gasteiger partial charge in [0.05, 0.1) is 12.1 Å². The molecule has 0 bridgehead atoms. The number of hydrogen-bond donors (Lipinski definition) is 1. The second-order valence-corrected chi connectivity index (χ2v) is 6.88. The van der Waals surface area contributed by atoms with Crippen LogP contribution in [0.5, 0.6) is 0 Å². The molecule has 0 radical (unpaired) electrons. The number of hydrogen-bond acceptors (Lipinski definition) is 5. The van der Waals surface area contributed by atoms with Crippen molar-refractivity contribution in [2.75, 3.05) is 24.5 Å². The van der Waals surface area contributed by atoms with E-state index in [0.717, 1.165) is 37.6 Å². The molecule has 0 atom stereocenters. The fourth-order valence-electron chi connectivity index (χ4n) is 3.49. The van der Waals surface area contributed by atoms with Crippen molar-refractivity contribution in [2.45, 2.75) is 37.6 Å². The van der Waals surface area contributed by atoms with E-state index < -0.39 is 0 Å². The van der Waals surface area contributed by atoms with Gasteiger partial charge in [0.15, 0.2) is 0 Å². The molecule has 2 fully saturated rings. The maximum Gasteiger partial charge on any atom is 0.253 e. The number of carbonyl (C=O) groups excluding carboxylic acids is 1. The van der Waals surface area contributed by atoms with Crippen LogP contribution in [-0.4, -0.2) is 45.3 Å². The second kappa shape index (κ2) is 7.16. The predicted octanol–water partition coefficient (Wildman–Crippen LogP) is 1.75. The summed E-state index contributed by atoms with van der Waals surface area (Å²) in [6, 6.07) is 4.31. The molecule has 3 heterocycles. The number of rotatable bonds is 5. The molecule has 7 heteroatoms. The number of carbonyl (C=O) groups is 1. The molecule has 2 aromatic heterocycles. The van der Waals surface area contributed by atoms with E-state index in [9.17, 15) is 4.79 Å². The number of pyridine rings is 1. The summed E-state index contributed by atoms with van der Waals surface area (Å²) >= 11 is 0. The summed E-state index contributed by atoms with van der Waals surface area (Å²) in [6.45, 7) is 2.08. The van der Waals surface area contributed by atoms with E-state index in [1.165, 1.54) is 12.8 Å². The van der Waals surface area contributed by atoms with Crippen LogP contribution in [0.3, 0.4) is 0 Å². The van der Waals surface area contributed by atoms with Crippen LogP contribution in [0, 0.1) is 12.3 Å². The third-order valence-electron chi connectivity index (χ3n) is 5.09. The smallest absolute Gasteiger partial charge is 0.253 e. The highest BCUT2D eigenvalue weighted by Crippen LogP contribution is 2.38. The van der Waals surface area contributed by atoms with E-state index in [0.29, 0.717) is 17.5 Å². The van der Waals surface area contributed by atoms with Crippen LogP contribution in [0.1, 0.15) is 53.8 Å². The van der Waals surface area contributed by atoms with E-state index in [1.807, 2.05) is 12.4 Å². The molecule has 1 aliphatic heterocycles. The van der Waals surface area contributed by atoms with Crippen LogP contribution in [-0.2, 0) is 0 Å². The maximum absolute atomic E-state index is 11.9. The molecule has 7 nitrogen and oxygen atoms in total. The first-order chi connectivity index (χ1) is 12.8. The van der Waals surface area contributed by atoms with Gasteiger partial charge in [0, 0.05) is 31.2 Å². The van der Waals surface area contributed by atoms with E-state index in [-0.39, 0.29) is 12.5 Å². The van der Waals surface area contributed by atoms with Gasteiger partial charge in [-0.25, -0.2) is 4.98 Å². The molecule has 1 amide bonds. The van der Waals surface area contributed by atoms with E-state index in [4.69, 9.17) is 6.42 Å². The average Bonchev–Trinajstić information content (AvgIpc) is 3.43. The van der Waals surface area contributed by atoms with Gasteiger partial charge in [0.2, 0.25) is 0 Å². The van der Waals surface area contributed by atoms with Gasteiger partial charge in [-0.3, -0.25) is 4.79 Å². The highest BCUT2D eigenvalue weighted by atomic mass is 16.1. The van der Waals surface area contributed by atoms with Gasteiger partial charge in [-0.1, -0.05) is 5.92 Å². The quantitative estimate of drug-likeness (QED) is 0.832. The Morgan fingerprint density at radius 1 is 1.27 bits per heavy atom. The lowest BCUT2D eigenvalue weighted by Gasteiger charge is -2.32. The van der Waals surface area contributed by atoms with Crippen molar-refractivity contribution < 1.29 is 4.79 Å². The van der Waals surface area contributed by atoms with Gasteiger partial charge < -0.3 is 14.8 Å². The van der Waals surface area contributed by atoms with E-state index in [2.05, 4.69) is 35.9 Å². The number of nitrogens with one attached hydrogen (secondary N) is 1. The number of aromatic nitrogens is 4. The minimum absolute atomic E-state index is 0.194. The Morgan fingerprint density at radius 3 is 2.73 bits per heavy atom. The SMILES string of the molecule is C#CCNC(=O)c1ccc(N2CCC(c3nncn3C3CC3)CC2)nc1. The Kier molecular flexibility index (Phi) is 4.57. The summed E-state index contributed by atoms with van der Waals surface area (Å²) < 4.78 is 2.27. The summed E-state index contributed by atoms with van der Waals surface area (Å²) in [6.07, 6.45) is 13.2. The molecule has 2 aromatic rings. The van der Waals surface area contributed by atoms with Crippen molar-refractivity contribution in [3.8, 4) is 12.3 Å². The number of amides is 1. The minimum atomic E-state index is -0.194. The Bertz CT molecular complexity index is 809. The Balaban J connectivity index is 1.36. The van der Waals surface area contributed by atoms with Gasteiger partial charge in [0.1, 0.15) is 18.0 Å². The molecule has 0 aromatic carbocycles. The molecule has 26 heavy (non-hydrogen) atoms. The van der Waals surface area contributed by atoms with Gasteiger partial charge in [-0.05, 0) is 37.8 Å². The molecular formula is C19H22N6O. The topological polar surface area (TPSA) is 75.9 Å². The standard InChI is InChI=1S/C19H22N6O/c1-2-9-20-19(26)15-3-6-17(21-12-15)24-10-7-14(8-11-24)18-23-22-13-25(18)16-4-5-16/h1,3,6,12-14,16H,4-5,7-11H2,(H,20,26). The van der Waals surface area contributed by atoms with Crippen molar-refractivity contribution >= 4 is 11.7 Å². The van der Waals surface area contributed by atoms with Crippen LogP contribution >= 0.6 is 0 Å². The molecule has 4 rings (SSSR count). The molecule has 0 unspecified atom stereocenters. The average molecular weight is 350 g/mol. The van der Waals surface area contributed by atoms with Crippen molar-refractivity contribution in [3.05, 3.63) is 36.0 Å². The first kappa shape index (κ1) is 16.6. The Labute approximate surface area is 152 Å². The van der Waals surface area contributed by atoms with E-state index in [1.54, 1.807) is 12.3 Å². The van der Waals surface area contributed by atoms with Crippen LogP contribution in [0.15, 0.2) is 24.7 Å². The monoisotopic (exact) mass is 350 g/mol. The van der Waals surface area contributed by atoms with Crippen LogP contribution < -0.4 is 10.2 Å². The third kappa shape index (κ3) is 3.40. The summed E-state index contributed by atoms with van der Waals surface area (Å²) in [5.41, 5.74) is 0.524. The fraction of sp³-hybridized carbons (Fsp3) is 0.474. The molecule has 1 saturated heterocycles. The largest absolute Gasteiger partial charge is 0.357 e. The van der Waals surface area contributed by atoms with Crippen molar-refractivity contribution in [1.82, 2.24) is 25.1 Å². The van der Waals surface area contributed by atoms with Crippen LogP contribution in [0.4, 0.5) is 5.82 Å². The lowest BCUT2D eigenvalue weighted by molar-refractivity contribution is 0.0958. The normalized spacial score (nSPS) is 17.7. The highest BCUT2D eigenvalue weighted by Gasteiger charge is 2.31. The number of anilines is 1. The molecular weight excluding hydrogens is 328 g/mol. The number of terminal acetylenes is 1. The summed E-state index contributed by atoms with van der Waals surface area (Å²) in [4.78, 5) is 18.6. The zero-order valence-electron chi connectivity index (χ0n) is 14.6. The number of nitrogens with zero attached hydrogens (tertiary/aromatic N) is 5.